The SMILES string of the molecule is CC1=C2C[C@H]3[C@@H](CCC4=CC(=O)CC[C@@]43C)[C@@H]2CC[C@@]2(C1)O[C@@H]1CCCN(Cc3ccc(Oc4ccccc4)cc3)[C@H]1[C@H]2C. The molecule has 44 heavy (non-hydrogen) atoms. The Hall–Kier alpha value is -2.69. The summed E-state index contributed by atoms with van der Waals surface area (Å²) in [6, 6.07) is 19.2. The lowest BCUT2D eigenvalue weighted by Gasteiger charge is -2.48. The average molecular weight is 592 g/mol. The largest absolute Gasteiger partial charge is 0.457 e. The van der Waals surface area contributed by atoms with Crippen LogP contribution < -0.4 is 4.74 Å². The van der Waals surface area contributed by atoms with E-state index < -0.39 is 0 Å². The van der Waals surface area contributed by atoms with Gasteiger partial charge in [0.25, 0.3) is 0 Å². The first-order valence-electron chi connectivity index (χ1n) is 17.5. The maximum atomic E-state index is 12.3. The molecular formula is C40H49NO3. The number of rotatable bonds is 4. The van der Waals surface area contributed by atoms with Crippen molar-refractivity contribution in [2.24, 2.45) is 29.1 Å². The summed E-state index contributed by atoms with van der Waals surface area (Å²) in [4.78, 5) is 15.0. The lowest BCUT2D eigenvalue weighted by molar-refractivity contribution is -0.116. The second kappa shape index (κ2) is 11.0. The van der Waals surface area contributed by atoms with Crippen LogP contribution in [0.1, 0.15) is 90.5 Å². The highest BCUT2D eigenvalue weighted by molar-refractivity contribution is 5.91. The Morgan fingerprint density at radius 2 is 1.77 bits per heavy atom. The minimum Gasteiger partial charge on any atom is -0.457 e. The maximum Gasteiger partial charge on any atom is 0.155 e. The molecular weight excluding hydrogens is 542 g/mol. The van der Waals surface area contributed by atoms with Gasteiger partial charge in [0, 0.05) is 24.9 Å². The van der Waals surface area contributed by atoms with Crippen LogP contribution in [0.15, 0.2) is 77.4 Å². The Labute approximate surface area is 263 Å². The van der Waals surface area contributed by atoms with Crippen molar-refractivity contribution < 1.29 is 14.3 Å². The van der Waals surface area contributed by atoms with Crippen LogP contribution >= 0.6 is 0 Å². The number of ketones is 1. The van der Waals surface area contributed by atoms with Crippen molar-refractivity contribution in [2.45, 2.75) is 109 Å². The lowest BCUT2D eigenvalue weighted by Crippen LogP contribution is -2.49. The van der Waals surface area contributed by atoms with Gasteiger partial charge in [-0.3, -0.25) is 9.69 Å². The summed E-state index contributed by atoms with van der Waals surface area (Å²) in [5, 5.41) is 0. The van der Waals surface area contributed by atoms with Gasteiger partial charge >= 0.3 is 0 Å². The third kappa shape index (κ3) is 4.74. The van der Waals surface area contributed by atoms with Crippen LogP contribution in [0.4, 0.5) is 0 Å². The number of carbonyl (C=O) groups excluding carboxylic acids is 1. The van der Waals surface area contributed by atoms with Gasteiger partial charge in [0.05, 0.1) is 11.7 Å². The van der Waals surface area contributed by atoms with Gasteiger partial charge in [0.15, 0.2) is 5.78 Å². The van der Waals surface area contributed by atoms with Crippen molar-refractivity contribution in [3.63, 3.8) is 0 Å². The summed E-state index contributed by atoms with van der Waals surface area (Å²) in [7, 11) is 0. The Morgan fingerprint density at radius 1 is 0.977 bits per heavy atom. The summed E-state index contributed by atoms with van der Waals surface area (Å²) < 4.78 is 13.3. The van der Waals surface area contributed by atoms with Crippen molar-refractivity contribution in [1.29, 1.82) is 0 Å². The Balaban J connectivity index is 0.993. The molecule has 4 aliphatic carbocycles. The van der Waals surface area contributed by atoms with Crippen LogP contribution in [0, 0.1) is 29.1 Å². The monoisotopic (exact) mass is 591 g/mol. The van der Waals surface area contributed by atoms with Gasteiger partial charge in [0.1, 0.15) is 11.5 Å². The van der Waals surface area contributed by atoms with E-state index in [0.29, 0.717) is 35.7 Å². The van der Waals surface area contributed by atoms with Crippen LogP contribution in [0.25, 0.3) is 0 Å². The average Bonchev–Trinajstić information content (AvgIpc) is 3.50. The van der Waals surface area contributed by atoms with Gasteiger partial charge in [-0.1, -0.05) is 60.9 Å². The van der Waals surface area contributed by atoms with Crippen LogP contribution in [-0.2, 0) is 16.1 Å². The van der Waals surface area contributed by atoms with E-state index in [9.17, 15) is 4.79 Å². The first-order valence-corrected chi connectivity index (χ1v) is 17.5. The predicted molar refractivity (Wildman–Crippen MR) is 174 cm³/mol. The third-order valence-electron chi connectivity index (χ3n) is 13.2. The van der Waals surface area contributed by atoms with E-state index in [4.69, 9.17) is 9.47 Å². The summed E-state index contributed by atoms with van der Waals surface area (Å²) in [5.74, 6) is 4.83. The Morgan fingerprint density at radius 3 is 2.59 bits per heavy atom. The number of likely N-dealkylation sites (tertiary alicyclic amines) is 1. The van der Waals surface area contributed by atoms with Crippen molar-refractivity contribution in [3.8, 4) is 11.5 Å². The first kappa shape index (κ1) is 28.8. The molecule has 8 atom stereocenters. The zero-order valence-corrected chi connectivity index (χ0v) is 26.9. The normalized spacial score (nSPS) is 38.4. The number of para-hydroxylation sites is 1. The number of nitrogens with zero attached hydrogens (tertiary/aromatic N) is 1. The summed E-state index contributed by atoms with van der Waals surface area (Å²) in [6.45, 7) is 9.58. The summed E-state index contributed by atoms with van der Waals surface area (Å²) in [5.41, 5.74) is 6.42. The number of hydrogen-bond acceptors (Lipinski definition) is 4. The van der Waals surface area contributed by atoms with Crippen LogP contribution in [-0.4, -0.2) is 35.0 Å². The topological polar surface area (TPSA) is 38.8 Å². The smallest absolute Gasteiger partial charge is 0.155 e. The van der Waals surface area contributed by atoms with Gasteiger partial charge in [-0.2, -0.15) is 0 Å². The van der Waals surface area contributed by atoms with Gasteiger partial charge < -0.3 is 9.47 Å². The molecule has 4 fully saturated rings. The van der Waals surface area contributed by atoms with Crippen LogP contribution in [0.2, 0.25) is 0 Å². The van der Waals surface area contributed by atoms with Gasteiger partial charge in [-0.15, -0.1) is 0 Å². The van der Waals surface area contributed by atoms with Crippen molar-refractivity contribution in [2.75, 3.05) is 6.54 Å². The molecule has 2 aliphatic heterocycles. The van der Waals surface area contributed by atoms with Crippen molar-refractivity contribution >= 4 is 5.78 Å². The van der Waals surface area contributed by atoms with E-state index in [-0.39, 0.29) is 11.0 Å². The number of benzene rings is 2. The number of fused-ring (bicyclic) bond motifs is 6. The minimum atomic E-state index is -0.0386. The molecule has 0 N–H and O–H groups in total. The summed E-state index contributed by atoms with van der Waals surface area (Å²) in [6.07, 6.45) is 13.8. The second-order valence-corrected chi connectivity index (χ2v) is 15.4. The molecule has 4 heteroatoms. The molecule has 8 rings (SSSR count). The molecule has 2 saturated carbocycles. The van der Waals surface area contributed by atoms with E-state index in [0.717, 1.165) is 56.2 Å². The van der Waals surface area contributed by atoms with Crippen LogP contribution in [0.5, 0.6) is 11.5 Å². The summed E-state index contributed by atoms with van der Waals surface area (Å²) >= 11 is 0. The molecule has 2 heterocycles. The van der Waals surface area contributed by atoms with Crippen molar-refractivity contribution in [1.82, 2.24) is 4.90 Å². The molecule has 2 aromatic rings. The predicted octanol–water partition coefficient (Wildman–Crippen LogP) is 9.06. The van der Waals surface area contributed by atoms with E-state index in [1.54, 1.807) is 11.1 Å². The molecule has 4 nitrogen and oxygen atoms in total. The highest BCUT2D eigenvalue weighted by atomic mass is 16.5. The first-order chi connectivity index (χ1) is 21.3. The number of carbonyl (C=O) groups is 1. The maximum absolute atomic E-state index is 12.3. The highest BCUT2D eigenvalue weighted by Crippen LogP contribution is 2.64. The molecule has 6 aliphatic rings. The molecule has 2 saturated heterocycles. The number of piperidine rings is 1. The van der Waals surface area contributed by atoms with E-state index >= 15 is 0 Å². The van der Waals surface area contributed by atoms with Gasteiger partial charge in [-0.05, 0) is 130 Å². The quantitative estimate of drug-likeness (QED) is 0.333. The van der Waals surface area contributed by atoms with E-state index in [1.165, 1.54) is 49.7 Å². The molecule has 0 radical (unpaired) electrons. The molecule has 0 amide bonds. The second-order valence-electron chi connectivity index (χ2n) is 15.4. The third-order valence-corrected chi connectivity index (χ3v) is 13.2. The fourth-order valence-corrected chi connectivity index (χ4v) is 10.9. The molecule has 0 unspecified atom stereocenters. The molecule has 0 aromatic heterocycles. The molecule has 232 valence electrons. The van der Waals surface area contributed by atoms with E-state index in [1.807, 2.05) is 36.4 Å². The zero-order chi connectivity index (χ0) is 30.1. The lowest BCUT2D eigenvalue weighted by atomic mass is 9.56. The van der Waals surface area contributed by atoms with Gasteiger partial charge in [0.2, 0.25) is 0 Å². The van der Waals surface area contributed by atoms with Gasteiger partial charge in [-0.25, -0.2) is 0 Å². The zero-order valence-electron chi connectivity index (χ0n) is 26.9. The fraction of sp³-hybridized carbons (Fsp3) is 0.575. The fourth-order valence-electron chi connectivity index (χ4n) is 10.9. The highest BCUT2D eigenvalue weighted by Gasteiger charge is 2.59. The molecule has 2 aromatic carbocycles. The Kier molecular flexibility index (Phi) is 7.18. The Bertz CT molecular complexity index is 1480. The number of ether oxygens (including phenoxy) is 2. The van der Waals surface area contributed by atoms with Crippen molar-refractivity contribution in [3.05, 3.63) is 83.0 Å². The van der Waals surface area contributed by atoms with E-state index in [2.05, 4.69) is 49.9 Å². The standard InChI is InChI=1S/C40H49NO3/c1-26-24-40(20-18-33-34-16-13-29-22-30(42)17-19-39(29,3)36(34)23-35(26)33)27(2)38-37(44-40)10-7-21-41(38)25-28-11-14-32(15-12-28)43-31-8-5-4-6-9-31/h4-6,8-9,11-12,14-15,22,27,33-34,36-38H,7,10,13,16-21,23-25H2,1-3H3/t27-,33+,34+,36+,37-,38+,39+,40+/m1/s1. The molecule has 0 bridgehead atoms. The molecule has 1 spiro atoms. The number of hydrogen-bond donors (Lipinski definition) is 0. The van der Waals surface area contributed by atoms with Crippen LogP contribution in [0.3, 0.4) is 0 Å². The minimum absolute atomic E-state index is 0.0386. The number of allylic oxidation sites excluding steroid dienone is 3.